The van der Waals surface area contributed by atoms with Crippen molar-refractivity contribution in [2.45, 2.75) is 19.4 Å². The van der Waals surface area contributed by atoms with Crippen molar-refractivity contribution in [3.8, 4) is 0 Å². The molecule has 1 unspecified atom stereocenters. The van der Waals surface area contributed by atoms with Gasteiger partial charge in [-0.05, 0) is 25.1 Å². The number of aromatic nitrogens is 2. The van der Waals surface area contributed by atoms with Crippen molar-refractivity contribution in [1.29, 1.82) is 0 Å². The number of nitrogens with one attached hydrogen (secondary N) is 1. The average Bonchev–Trinajstić information content (AvgIpc) is 3.04. The molecule has 1 N–H and O–H groups in total. The Hall–Kier alpha value is -1.30. The van der Waals surface area contributed by atoms with E-state index in [1.54, 1.807) is 12.3 Å². The van der Waals surface area contributed by atoms with Crippen LogP contribution in [0, 0.1) is 0 Å². The number of rotatable bonds is 4. The Kier molecular flexibility index (Phi) is 3.83. The highest BCUT2D eigenvalue weighted by Gasteiger charge is 2.16. The van der Waals surface area contributed by atoms with Crippen molar-refractivity contribution in [2.75, 3.05) is 5.32 Å². The van der Waals surface area contributed by atoms with Crippen LogP contribution in [-0.2, 0) is 6.42 Å². The normalized spacial score (nSPS) is 12.8. The summed E-state index contributed by atoms with van der Waals surface area (Å²) in [4.78, 5) is 0. The molecule has 4 nitrogen and oxygen atoms in total. The first-order chi connectivity index (χ1) is 9.65. The van der Waals surface area contributed by atoms with Gasteiger partial charge in [0.1, 0.15) is 16.8 Å². The molecule has 0 fully saturated rings. The van der Waals surface area contributed by atoms with Crippen LogP contribution >= 0.6 is 34.9 Å². The summed E-state index contributed by atoms with van der Waals surface area (Å²) in [7, 11) is 0. The third kappa shape index (κ3) is 2.61. The summed E-state index contributed by atoms with van der Waals surface area (Å²) in [5.74, 6) is 0.919. The van der Waals surface area contributed by atoms with E-state index in [1.807, 2.05) is 12.1 Å². The predicted molar refractivity (Wildman–Crippen MR) is 82.9 cm³/mol. The largest absolute Gasteiger partial charge is 0.469 e. The highest BCUT2D eigenvalue weighted by molar-refractivity contribution is 7.00. The lowest BCUT2D eigenvalue weighted by atomic mass is 10.1. The number of benzene rings is 1. The van der Waals surface area contributed by atoms with Gasteiger partial charge in [0, 0.05) is 12.5 Å². The van der Waals surface area contributed by atoms with Crippen LogP contribution in [-0.4, -0.2) is 14.8 Å². The lowest BCUT2D eigenvalue weighted by molar-refractivity contribution is 0.498. The maximum atomic E-state index is 6.26. The van der Waals surface area contributed by atoms with Crippen LogP contribution in [0.25, 0.3) is 11.0 Å². The van der Waals surface area contributed by atoms with Crippen LogP contribution in [0.3, 0.4) is 0 Å². The van der Waals surface area contributed by atoms with E-state index in [0.717, 1.165) is 29.6 Å². The number of nitrogens with zero attached hydrogens (tertiary/aromatic N) is 2. The highest BCUT2D eigenvalue weighted by atomic mass is 35.5. The SMILES string of the molecule is CC(Cc1ccco1)Nc1c(Cl)cc(Cl)c2nsnc12. The molecule has 0 bridgehead atoms. The van der Waals surface area contributed by atoms with Gasteiger partial charge >= 0.3 is 0 Å². The number of hydrogen-bond acceptors (Lipinski definition) is 5. The van der Waals surface area contributed by atoms with Crippen molar-refractivity contribution in [1.82, 2.24) is 8.75 Å². The minimum atomic E-state index is 0.143. The zero-order valence-corrected chi connectivity index (χ0v) is 12.9. The average molecular weight is 328 g/mol. The summed E-state index contributed by atoms with van der Waals surface area (Å²) in [5.41, 5.74) is 2.14. The van der Waals surface area contributed by atoms with Crippen molar-refractivity contribution >= 4 is 51.7 Å². The topological polar surface area (TPSA) is 51.0 Å². The fourth-order valence-electron chi connectivity index (χ4n) is 2.04. The third-order valence-corrected chi connectivity index (χ3v) is 4.04. The van der Waals surface area contributed by atoms with E-state index in [1.165, 1.54) is 0 Å². The van der Waals surface area contributed by atoms with Crippen LogP contribution < -0.4 is 5.32 Å². The van der Waals surface area contributed by atoms with Gasteiger partial charge in [-0.25, -0.2) is 0 Å². The standard InChI is InChI=1S/C13H11Cl2N3OS/c1-7(5-8-3-2-4-19-8)16-11-9(14)6-10(15)12-13(11)18-20-17-12/h2-4,6-7,16H,5H2,1H3. The second-order valence-electron chi connectivity index (χ2n) is 4.51. The molecular weight excluding hydrogens is 317 g/mol. The Balaban J connectivity index is 1.88. The molecule has 0 aliphatic rings. The van der Waals surface area contributed by atoms with Crippen molar-refractivity contribution in [2.24, 2.45) is 0 Å². The molecule has 3 aromatic rings. The molecule has 1 aromatic carbocycles. The van der Waals surface area contributed by atoms with Gasteiger partial charge in [0.15, 0.2) is 0 Å². The Bertz CT molecular complexity index is 727. The molecule has 0 spiro atoms. The summed E-state index contributed by atoms with van der Waals surface area (Å²) >= 11 is 13.5. The van der Waals surface area contributed by atoms with Crippen LogP contribution in [0.15, 0.2) is 28.9 Å². The molecular formula is C13H11Cl2N3OS. The van der Waals surface area contributed by atoms with E-state index in [-0.39, 0.29) is 6.04 Å². The maximum absolute atomic E-state index is 6.26. The van der Waals surface area contributed by atoms with Crippen molar-refractivity contribution in [3.05, 3.63) is 40.3 Å². The molecule has 0 aliphatic heterocycles. The Labute approximate surface area is 130 Å². The van der Waals surface area contributed by atoms with Crippen LogP contribution in [0.4, 0.5) is 5.69 Å². The van der Waals surface area contributed by atoms with E-state index in [0.29, 0.717) is 21.1 Å². The number of halogens is 2. The van der Waals surface area contributed by atoms with E-state index >= 15 is 0 Å². The second kappa shape index (κ2) is 5.60. The number of furan rings is 1. The van der Waals surface area contributed by atoms with Gasteiger partial charge in [0.05, 0.1) is 33.7 Å². The zero-order chi connectivity index (χ0) is 14.1. The van der Waals surface area contributed by atoms with Gasteiger partial charge in [-0.1, -0.05) is 23.2 Å². The summed E-state index contributed by atoms with van der Waals surface area (Å²) in [6.45, 7) is 2.05. The quantitative estimate of drug-likeness (QED) is 0.758. The summed E-state index contributed by atoms with van der Waals surface area (Å²) < 4.78 is 13.8. The summed E-state index contributed by atoms with van der Waals surface area (Å²) in [5, 5.41) is 4.42. The minimum absolute atomic E-state index is 0.143. The fraction of sp³-hybridized carbons (Fsp3) is 0.231. The first kappa shape index (κ1) is 13.7. The first-order valence-electron chi connectivity index (χ1n) is 6.04. The van der Waals surface area contributed by atoms with Gasteiger partial charge in [-0.15, -0.1) is 0 Å². The maximum Gasteiger partial charge on any atom is 0.130 e. The first-order valence-corrected chi connectivity index (χ1v) is 7.53. The van der Waals surface area contributed by atoms with Crippen LogP contribution in [0.5, 0.6) is 0 Å². The number of anilines is 1. The molecule has 104 valence electrons. The highest BCUT2D eigenvalue weighted by Crippen LogP contribution is 2.35. The van der Waals surface area contributed by atoms with Gasteiger partial charge in [0.2, 0.25) is 0 Å². The minimum Gasteiger partial charge on any atom is -0.469 e. The second-order valence-corrected chi connectivity index (χ2v) is 5.85. The van der Waals surface area contributed by atoms with Crippen molar-refractivity contribution < 1.29 is 4.42 Å². The fourth-order valence-corrected chi connectivity index (χ4v) is 3.21. The number of hydrogen-bond donors (Lipinski definition) is 1. The zero-order valence-electron chi connectivity index (χ0n) is 10.6. The lowest BCUT2D eigenvalue weighted by Gasteiger charge is -2.15. The molecule has 20 heavy (non-hydrogen) atoms. The third-order valence-electron chi connectivity index (χ3n) is 2.92. The van der Waals surface area contributed by atoms with Gasteiger partial charge in [-0.3, -0.25) is 0 Å². The molecule has 0 radical (unpaired) electrons. The molecule has 3 rings (SSSR count). The van der Waals surface area contributed by atoms with E-state index in [9.17, 15) is 0 Å². The molecule has 0 saturated carbocycles. The smallest absolute Gasteiger partial charge is 0.130 e. The van der Waals surface area contributed by atoms with E-state index < -0.39 is 0 Å². The molecule has 2 aromatic heterocycles. The predicted octanol–water partition coefficient (Wildman–Crippen LogP) is 4.63. The number of fused-ring (bicyclic) bond motifs is 1. The molecule has 0 aliphatic carbocycles. The van der Waals surface area contributed by atoms with Crippen LogP contribution in [0.1, 0.15) is 12.7 Å². The Morgan fingerprint density at radius 2 is 2.10 bits per heavy atom. The van der Waals surface area contributed by atoms with Crippen molar-refractivity contribution in [3.63, 3.8) is 0 Å². The Morgan fingerprint density at radius 1 is 1.30 bits per heavy atom. The monoisotopic (exact) mass is 327 g/mol. The molecule has 1 atom stereocenters. The molecule has 2 heterocycles. The Morgan fingerprint density at radius 3 is 2.85 bits per heavy atom. The molecule has 0 amide bonds. The molecule has 7 heteroatoms. The van der Waals surface area contributed by atoms with Gasteiger partial charge in [-0.2, -0.15) is 8.75 Å². The van der Waals surface area contributed by atoms with Gasteiger partial charge < -0.3 is 9.73 Å². The summed E-state index contributed by atoms with van der Waals surface area (Å²) in [6.07, 6.45) is 2.42. The summed E-state index contributed by atoms with van der Waals surface area (Å²) in [6, 6.07) is 5.65. The van der Waals surface area contributed by atoms with Gasteiger partial charge in [0.25, 0.3) is 0 Å². The van der Waals surface area contributed by atoms with Crippen LogP contribution in [0.2, 0.25) is 10.0 Å². The lowest BCUT2D eigenvalue weighted by Crippen LogP contribution is -2.18. The van der Waals surface area contributed by atoms with E-state index in [4.69, 9.17) is 27.6 Å². The van der Waals surface area contributed by atoms with E-state index in [2.05, 4.69) is 21.0 Å². The molecule has 0 saturated heterocycles.